The van der Waals surface area contributed by atoms with E-state index in [0.29, 0.717) is 6.04 Å². The van der Waals surface area contributed by atoms with E-state index in [1.807, 2.05) is 12.1 Å². The summed E-state index contributed by atoms with van der Waals surface area (Å²) in [5.41, 5.74) is 0. The van der Waals surface area contributed by atoms with Crippen LogP contribution in [0, 0.1) is 0 Å². The number of hydrogen-bond donors (Lipinski definition) is 2. The zero-order chi connectivity index (χ0) is 9.80. The Morgan fingerprint density at radius 3 is 2.57 bits per heavy atom. The maximum absolute atomic E-state index is 11.6. The summed E-state index contributed by atoms with van der Waals surface area (Å²) in [4.78, 5) is 11.6. The zero-order valence-electron chi connectivity index (χ0n) is 8.07. The number of piperidine rings is 1. The van der Waals surface area contributed by atoms with Crippen LogP contribution in [0.1, 0.15) is 12.8 Å². The number of carbonyl (C=O) groups is 1. The van der Waals surface area contributed by atoms with E-state index in [9.17, 15) is 4.79 Å². The second-order valence-corrected chi connectivity index (χ2v) is 3.56. The van der Waals surface area contributed by atoms with Gasteiger partial charge in [0.25, 0.3) is 0 Å². The van der Waals surface area contributed by atoms with Crippen LogP contribution in [0.5, 0.6) is 0 Å². The van der Waals surface area contributed by atoms with Crippen molar-refractivity contribution in [2.75, 3.05) is 13.1 Å². The van der Waals surface area contributed by atoms with Crippen molar-refractivity contribution >= 4 is 6.03 Å². The van der Waals surface area contributed by atoms with Crippen LogP contribution in [-0.2, 0) is 0 Å². The zero-order valence-corrected chi connectivity index (χ0v) is 8.07. The Labute approximate surface area is 83.3 Å². The highest BCUT2D eigenvalue weighted by molar-refractivity contribution is 5.76. The molecule has 76 valence electrons. The van der Waals surface area contributed by atoms with E-state index < -0.39 is 0 Å². The molecule has 1 aromatic rings. The fourth-order valence-corrected chi connectivity index (χ4v) is 1.69. The largest absolute Gasteiger partial charge is 0.335 e. The van der Waals surface area contributed by atoms with Gasteiger partial charge >= 0.3 is 6.03 Å². The van der Waals surface area contributed by atoms with Gasteiger partial charge in [0, 0.05) is 18.4 Å². The Bertz CT molecular complexity index is 288. The lowest BCUT2D eigenvalue weighted by molar-refractivity contribution is 0.235. The second kappa shape index (κ2) is 4.28. The van der Waals surface area contributed by atoms with Crippen LogP contribution in [0.25, 0.3) is 0 Å². The highest BCUT2D eigenvalue weighted by Gasteiger charge is 2.15. The van der Waals surface area contributed by atoms with Gasteiger partial charge < -0.3 is 10.6 Å². The second-order valence-electron chi connectivity index (χ2n) is 3.56. The monoisotopic (exact) mass is 193 g/mol. The molecule has 2 rings (SSSR count). The number of nitrogens with zero attached hydrogens (tertiary/aromatic N) is 1. The summed E-state index contributed by atoms with van der Waals surface area (Å²) in [5, 5.41) is 6.27. The number of amides is 1. The predicted octanol–water partition coefficient (Wildman–Crippen LogP) is 0.798. The summed E-state index contributed by atoms with van der Waals surface area (Å²) in [6, 6.07) is 4.00. The van der Waals surface area contributed by atoms with E-state index in [4.69, 9.17) is 0 Å². The van der Waals surface area contributed by atoms with Crippen molar-refractivity contribution in [2.24, 2.45) is 0 Å². The Morgan fingerprint density at radius 2 is 1.93 bits per heavy atom. The summed E-state index contributed by atoms with van der Waals surface area (Å²) in [5.74, 6) is 0. The molecule has 0 spiro atoms. The normalized spacial score (nSPS) is 18.0. The average molecular weight is 193 g/mol. The molecule has 14 heavy (non-hydrogen) atoms. The van der Waals surface area contributed by atoms with Gasteiger partial charge in [-0.2, -0.15) is 0 Å². The van der Waals surface area contributed by atoms with Gasteiger partial charge in [-0.25, -0.2) is 4.79 Å². The van der Waals surface area contributed by atoms with Gasteiger partial charge in [0.15, 0.2) is 0 Å². The van der Waals surface area contributed by atoms with E-state index in [0.717, 1.165) is 25.9 Å². The standard InChI is InChI=1S/C10H15N3O/c14-10(13-7-1-2-8-13)12-9-3-5-11-6-4-9/h1-2,7-9,11H,3-6H2,(H,12,14). The first kappa shape index (κ1) is 9.27. The molecule has 4 nitrogen and oxygen atoms in total. The summed E-state index contributed by atoms with van der Waals surface area (Å²) in [7, 11) is 0. The molecule has 1 aliphatic heterocycles. The SMILES string of the molecule is O=C(NC1CCNCC1)n1cccc1. The molecule has 1 aromatic heterocycles. The third-order valence-electron chi connectivity index (χ3n) is 2.51. The molecule has 2 heterocycles. The van der Waals surface area contributed by atoms with E-state index in [1.165, 1.54) is 0 Å². The Morgan fingerprint density at radius 1 is 1.29 bits per heavy atom. The molecule has 0 saturated carbocycles. The van der Waals surface area contributed by atoms with E-state index in [1.54, 1.807) is 17.0 Å². The molecule has 1 saturated heterocycles. The molecule has 0 radical (unpaired) electrons. The van der Waals surface area contributed by atoms with Crippen LogP contribution < -0.4 is 10.6 Å². The summed E-state index contributed by atoms with van der Waals surface area (Å²) >= 11 is 0. The third kappa shape index (κ3) is 2.14. The molecule has 0 bridgehead atoms. The van der Waals surface area contributed by atoms with Crippen LogP contribution >= 0.6 is 0 Å². The third-order valence-corrected chi connectivity index (χ3v) is 2.51. The van der Waals surface area contributed by atoms with Crippen LogP contribution in [0.2, 0.25) is 0 Å². The first-order valence-corrected chi connectivity index (χ1v) is 5.01. The molecule has 4 heteroatoms. The predicted molar refractivity (Wildman–Crippen MR) is 54.3 cm³/mol. The Hall–Kier alpha value is -1.29. The molecule has 1 aliphatic rings. The lowest BCUT2D eigenvalue weighted by Crippen LogP contribution is -2.43. The van der Waals surface area contributed by atoms with Crippen molar-refractivity contribution in [1.82, 2.24) is 15.2 Å². The fraction of sp³-hybridized carbons (Fsp3) is 0.500. The number of carbonyl (C=O) groups excluding carboxylic acids is 1. The molecule has 1 fully saturated rings. The van der Waals surface area contributed by atoms with Crippen LogP contribution in [0.15, 0.2) is 24.5 Å². The number of hydrogen-bond acceptors (Lipinski definition) is 2. The molecule has 2 N–H and O–H groups in total. The summed E-state index contributed by atoms with van der Waals surface area (Å²) < 4.78 is 1.57. The van der Waals surface area contributed by atoms with Gasteiger partial charge in [0.2, 0.25) is 0 Å². The van der Waals surface area contributed by atoms with Crippen molar-refractivity contribution in [3.63, 3.8) is 0 Å². The van der Waals surface area contributed by atoms with E-state index in [-0.39, 0.29) is 6.03 Å². The minimum absolute atomic E-state index is 0.0260. The molecule has 1 amide bonds. The molecule has 0 unspecified atom stereocenters. The quantitative estimate of drug-likeness (QED) is 0.693. The van der Waals surface area contributed by atoms with Gasteiger partial charge in [0.05, 0.1) is 0 Å². The smallest absolute Gasteiger partial charge is 0.325 e. The average Bonchev–Trinajstić information content (AvgIpc) is 2.72. The van der Waals surface area contributed by atoms with Crippen LogP contribution in [0.3, 0.4) is 0 Å². The van der Waals surface area contributed by atoms with Gasteiger partial charge in [-0.1, -0.05) is 0 Å². The first-order valence-electron chi connectivity index (χ1n) is 5.01. The van der Waals surface area contributed by atoms with Crippen molar-refractivity contribution in [1.29, 1.82) is 0 Å². The molecule has 0 atom stereocenters. The lowest BCUT2D eigenvalue weighted by Gasteiger charge is -2.23. The summed E-state index contributed by atoms with van der Waals surface area (Å²) in [6.45, 7) is 1.99. The fourth-order valence-electron chi connectivity index (χ4n) is 1.69. The van der Waals surface area contributed by atoms with Gasteiger partial charge in [0.1, 0.15) is 0 Å². The van der Waals surface area contributed by atoms with Crippen LogP contribution in [0.4, 0.5) is 4.79 Å². The molecule has 0 aromatic carbocycles. The minimum Gasteiger partial charge on any atom is -0.335 e. The number of nitrogens with one attached hydrogen (secondary N) is 2. The van der Waals surface area contributed by atoms with Crippen molar-refractivity contribution in [3.8, 4) is 0 Å². The first-order chi connectivity index (χ1) is 6.86. The van der Waals surface area contributed by atoms with E-state index >= 15 is 0 Å². The number of aromatic nitrogens is 1. The van der Waals surface area contributed by atoms with Crippen molar-refractivity contribution < 1.29 is 4.79 Å². The lowest BCUT2D eigenvalue weighted by atomic mass is 10.1. The van der Waals surface area contributed by atoms with Crippen LogP contribution in [-0.4, -0.2) is 29.7 Å². The highest BCUT2D eigenvalue weighted by atomic mass is 16.2. The Balaban J connectivity index is 1.87. The van der Waals surface area contributed by atoms with Gasteiger partial charge in [-0.05, 0) is 38.1 Å². The molecular formula is C10H15N3O. The van der Waals surface area contributed by atoms with Gasteiger partial charge in [-0.3, -0.25) is 4.57 Å². The maximum Gasteiger partial charge on any atom is 0.325 e. The number of rotatable bonds is 1. The molecule has 0 aliphatic carbocycles. The minimum atomic E-state index is -0.0260. The summed E-state index contributed by atoms with van der Waals surface area (Å²) in [6.07, 6.45) is 5.56. The maximum atomic E-state index is 11.6. The van der Waals surface area contributed by atoms with Gasteiger partial charge in [-0.15, -0.1) is 0 Å². The molecular weight excluding hydrogens is 178 g/mol. The highest BCUT2D eigenvalue weighted by Crippen LogP contribution is 2.02. The Kier molecular flexibility index (Phi) is 2.84. The van der Waals surface area contributed by atoms with E-state index in [2.05, 4.69) is 10.6 Å². The topological polar surface area (TPSA) is 46.1 Å². The van der Waals surface area contributed by atoms with Crippen molar-refractivity contribution in [3.05, 3.63) is 24.5 Å². The van der Waals surface area contributed by atoms with Crippen molar-refractivity contribution in [2.45, 2.75) is 18.9 Å².